The molecule has 0 amide bonds. The third kappa shape index (κ3) is 3.92. The van der Waals surface area contributed by atoms with E-state index in [0.717, 1.165) is 5.56 Å². The average molecular weight is 227 g/mol. The smallest absolute Gasteiger partial charge is 0.306 e. The van der Waals surface area contributed by atoms with E-state index in [2.05, 4.69) is 0 Å². The van der Waals surface area contributed by atoms with Gasteiger partial charge in [0.15, 0.2) is 0 Å². The highest BCUT2D eigenvalue weighted by atomic mass is 35.5. The predicted octanol–water partition coefficient (Wildman–Crippen LogP) is 3.40. The van der Waals surface area contributed by atoms with E-state index in [1.807, 2.05) is 38.1 Å². The van der Waals surface area contributed by atoms with Gasteiger partial charge in [-0.25, -0.2) is 0 Å². The average Bonchev–Trinajstić information content (AvgIpc) is 2.18. The zero-order valence-electron chi connectivity index (χ0n) is 9.00. The van der Waals surface area contributed by atoms with Gasteiger partial charge in [0.05, 0.1) is 13.0 Å². The molecule has 0 aromatic heterocycles. The van der Waals surface area contributed by atoms with Gasteiger partial charge in [0, 0.05) is 5.02 Å². The molecule has 1 atom stereocenters. The number of hydrogen-bond acceptors (Lipinski definition) is 2. The van der Waals surface area contributed by atoms with Gasteiger partial charge < -0.3 is 4.74 Å². The van der Waals surface area contributed by atoms with E-state index >= 15 is 0 Å². The first-order valence-electron chi connectivity index (χ1n) is 5.04. The second-order valence-corrected chi connectivity index (χ2v) is 3.90. The molecule has 0 N–H and O–H groups in total. The van der Waals surface area contributed by atoms with Crippen molar-refractivity contribution in [2.75, 3.05) is 6.61 Å². The number of hydrogen-bond donors (Lipinski definition) is 0. The number of halogens is 1. The maximum Gasteiger partial charge on any atom is 0.306 e. The van der Waals surface area contributed by atoms with E-state index in [-0.39, 0.29) is 11.9 Å². The molecule has 2 nitrogen and oxygen atoms in total. The summed E-state index contributed by atoms with van der Waals surface area (Å²) in [6, 6.07) is 7.54. The van der Waals surface area contributed by atoms with Crippen LogP contribution in [0.25, 0.3) is 0 Å². The van der Waals surface area contributed by atoms with Gasteiger partial charge in [-0.3, -0.25) is 4.79 Å². The van der Waals surface area contributed by atoms with Gasteiger partial charge in [0.25, 0.3) is 0 Å². The van der Waals surface area contributed by atoms with Crippen molar-refractivity contribution in [3.8, 4) is 0 Å². The number of benzene rings is 1. The zero-order chi connectivity index (χ0) is 11.3. The van der Waals surface area contributed by atoms with Gasteiger partial charge in [-0.1, -0.05) is 30.7 Å². The van der Waals surface area contributed by atoms with Crippen molar-refractivity contribution in [1.29, 1.82) is 0 Å². The summed E-state index contributed by atoms with van der Waals surface area (Å²) in [7, 11) is 0. The molecule has 1 aromatic rings. The molecular weight excluding hydrogens is 212 g/mol. The lowest BCUT2D eigenvalue weighted by Crippen LogP contribution is -2.08. The molecule has 82 valence electrons. The van der Waals surface area contributed by atoms with Crippen LogP contribution in [0.1, 0.15) is 31.7 Å². The Labute approximate surface area is 95.2 Å². The van der Waals surface area contributed by atoms with E-state index in [4.69, 9.17) is 16.3 Å². The van der Waals surface area contributed by atoms with Gasteiger partial charge in [-0.2, -0.15) is 0 Å². The lowest BCUT2D eigenvalue weighted by Gasteiger charge is -2.10. The Bertz CT molecular complexity index is 319. The van der Waals surface area contributed by atoms with Gasteiger partial charge in [-0.15, -0.1) is 0 Å². The monoisotopic (exact) mass is 226 g/mol. The van der Waals surface area contributed by atoms with Crippen LogP contribution in [0.4, 0.5) is 0 Å². The van der Waals surface area contributed by atoms with Crippen molar-refractivity contribution in [1.82, 2.24) is 0 Å². The molecule has 0 bridgehead atoms. The van der Waals surface area contributed by atoms with Crippen LogP contribution >= 0.6 is 11.6 Å². The van der Waals surface area contributed by atoms with E-state index < -0.39 is 0 Å². The Morgan fingerprint density at radius 3 is 2.53 bits per heavy atom. The summed E-state index contributed by atoms with van der Waals surface area (Å²) >= 11 is 5.78. The van der Waals surface area contributed by atoms with Crippen molar-refractivity contribution in [3.63, 3.8) is 0 Å². The Morgan fingerprint density at radius 2 is 2.00 bits per heavy atom. The minimum atomic E-state index is -0.153. The number of carbonyl (C=O) groups excluding carboxylic acids is 1. The van der Waals surface area contributed by atoms with Crippen LogP contribution < -0.4 is 0 Å². The summed E-state index contributed by atoms with van der Waals surface area (Å²) in [5.74, 6) is 0.0151. The quantitative estimate of drug-likeness (QED) is 0.736. The van der Waals surface area contributed by atoms with Crippen LogP contribution in [0.2, 0.25) is 5.02 Å². The molecule has 0 saturated carbocycles. The van der Waals surface area contributed by atoms with Gasteiger partial charge in [0.2, 0.25) is 0 Å². The van der Waals surface area contributed by atoms with Gasteiger partial charge in [-0.05, 0) is 30.5 Å². The molecule has 1 rings (SSSR count). The normalized spacial score (nSPS) is 12.2. The van der Waals surface area contributed by atoms with Gasteiger partial charge in [0.1, 0.15) is 0 Å². The largest absolute Gasteiger partial charge is 0.466 e. The molecule has 0 aliphatic rings. The Kier molecular flexibility index (Phi) is 4.63. The standard InChI is InChI=1S/C12H15ClO2/c1-3-15-12(14)8-9(2)10-4-6-11(13)7-5-10/h4-7,9H,3,8H2,1-2H3/t9-/m0/s1. The Hall–Kier alpha value is -1.02. The fourth-order valence-corrected chi connectivity index (χ4v) is 1.51. The minimum Gasteiger partial charge on any atom is -0.466 e. The van der Waals surface area contributed by atoms with E-state index in [9.17, 15) is 4.79 Å². The number of ether oxygens (including phenoxy) is 1. The van der Waals surface area contributed by atoms with Crippen molar-refractivity contribution in [2.24, 2.45) is 0 Å². The maximum absolute atomic E-state index is 11.2. The Balaban J connectivity index is 2.57. The lowest BCUT2D eigenvalue weighted by molar-refractivity contribution is -0.143. The molecule has 0 saturated heterocycles. The molecule has 0 aliphatic heterocycles. The zero-order valence-corrected chi connectivity index (χ0v) is 9.75. The second kappa shape index (κ2) is 5.76. The third-order valence-electron chi connectivity index (χ3n) is 2.22. The van der Waals surface area contributed by atoms with E-state index in [1.54, 1.807) is 0 Å². The molecular formula is C12H15ClO2. The molecule has 15 heavy (non-hydrogen) atoms. The predicted molar refractivity (Wildman–Crippen MR) is 61.1 cm³/mol. The summed E-state index contributed by atoms with van der Waals surface area (Å²) in [6.45, 7) is 4.25. The molecule has 1 aromatic carbocycles. The van der Waals surface area contributed by atoms with Crippen LogP contribution in [0.3, 0.4) is 0 Å². The highest BCUT2D eigenvalue weighted by molar-refractivity contribution is 6.30. The SMILES string of the molecule is CCOC(=O)C[C@H](C)c1ccc(Cl)cc1. The van der Waals surface area contributed by atoms with E-state index in [0.29, 0.717) is 18.1 Å². The van der Waals surface area contributed by atoms with Crippen LogP contribution in [0, 0.1) is 0 Å². The van der Waals surface area contributed by atoms with Crippen molar-refractivity contribution < 1.29 is 9.53 Å². The second-order valence-electron chi connectivity index (χ2n) is 3.46. The number of carbonyl (C=O) groups is 1. The fourth-order valence-electron chi connectivity index (χ4n) is 1.38. The molecule has 0 fully saturated rings. The summed E-state index contributed by atoms with van der Waals surface area (Å²) < 4.78 is 4.89. The maximum atomic E-state index is 11.2. The van der Waals surface area contributed by atoms with Gasteiger partial charge >= 0.3 is 5.97 Å². The fraction of sp³-hybridized carbons (Fsp3) is 0.417. The molecule has 0 unspecified atom stereocenters. The Morgan fingerprint density at radius 1 is 1.40 bits per heavy atom. The first-order chi connectivity index (χ1) is 7.13. The van der Waals surface area contributed by atoms with E-state index in [1.165, 1.54) is 0 Å². The van der Waals surface area contributed by atoms with Crippen LogP contribution in [0.5, 0.6) is 0 Å². The minimum absolute atomic E-state index is 0.153. The highest BCUT2D eigenvalue weighted by Crippen LogP contribution is 2.21. The summed E-state index contributed by atoms with van der Waals surface area (Å²) in [6.07, 6.45) is 0.412. The molecule has 0 aliphatic carbocycles. The van der Waals surface area contributed by atoms with Crippen molar-refractivity contribution in [2.45, 2.75) is 26.2 Å². The van der Waals surface area contributed by atoms with Crippen molar-refractivity contribution in [3.05, 3.63) is 34.9 Å². The van der Waals surface area contributed by atoms with Crippen molar-refractivity contribution >= 4 is 17.6 Å². The molecule has 0 spiro atoms. The van der Waals surface area contributed by atoms with Crippen LogP contribution in [-0.2, 0) is 9.53 Å². The topological polar surface area (TPSA) is 26.3 Å². The number of esters is 1. The first kappa shape index (κ1) is 12.1. The number of rotatable bonds is 4. The summed E-state index contributed by atoms with van der Waals surface area (Å²) in [4.78, 5) is 11.2. The first-order valence-corrected chi connectivity index (χ1v) is 5.42. The van der Waals surface area contributed by atoms with Crippen LogP contribution in [-0.4, -0.2) is 12.6 Å². The molecule has 0 radical (unpaired) electrons. The third-order valence-corrected chi connectivity index (χ3v) is 2.47. The highest BCUT2D eigenvalue weighted by Gasteiger charge is 2.11. The summed E-state index contributed by atoms with van der Waals surface area (Å²) in [5, 5.41) is 0.710. The molecule has 3 heteroatoms. The molecule has 0 heterocycles. The van der Waals surface area contributed by atoms with Crippen LogP contribution in [0.15, 0.2) is 24.3 Å². The summed E-state index contributed by atoms with van der Waals surface area (Å²) in [5.41, 5.74) is 1.10. The lowest BCUT2D eigenvalue weighted by atomic mass is 9.98.